The van der Waals surface area contributed by atoms with Gasteiger partial charge < -0.3 is 10.2 Å². The summed E-state index contributed by atoms with van der Waals surface area (Å²) in [4.78, 5) is 15.8. The van der Waals surface area contributed by atoms with E-state index in [1.165, 1.54) is 132 Å². The molecule has 0 rings (SSSR count). The topological polar surface area (TPSA) is 32.3 Å². The third-order valence-electron chi connectivity index (χ3n) is 6.60. The van der Waals surface area contributed by atoms with Crippen LogP contribution in [0, 0.1) is 0 Å². The van der Waals surface area contributed by atoms with E-state index in [0.29, 0.717) is 6.42 Å². The van der Waals surface area contributed by atoms with Gasteiger partial charge in [0.15, 0.2) is 0 Å². The number of thioether (sulfide) groups is 2. The number of nitrogens with one attached hydrogen (secondary N) is 1. The molecule has 0 spiro atoms. The molecule has 0 fully saturated rings. The zero-order valence-electron chi connectivity index (χ0n) is 24.7. The molecule has 1 amide bonds. The zero-order chi connectivity index (χ0) is 26.5. The smallest absolute Gasteiger partial charge is 0.220 e. The van der Waals surface area contributed by atoms with Crippen molar-refractivity contribution in [2.75, 3.05) is 38.7 Å². The number of nitrogens with zero attached hydrogens (tertiary/aromatic N) is 1. The summed E-state index contributed by atoms with van der Waals surface area (Å²) >= 11 is 3.97. The number of rotatable bonds is 28. The van der Waals surface area contributed by atoms with Crippen molar-refractivity contribution in [1.82, 2.24) is 10.2 Å². The van der Waals surface area contributed by atoms with Gasteiger partial charge in [0.05, 0.1) is 0 Å². The Kier molecular flexibility index (Phi) is 29.3. The Morgan fingerprint density at radius 2 is 1.14 bits per heavy atom. The highest BCUT2D eigenvalue weighted by Gasteiger charge is 2.06. The van der Waals surface area contributed by atoms with E-state index in [1.54, 1.807) is 0 Å². The number of carbonyl (C=O) groups is 1. The molecule has 0 heterocycles. The second-order valence-corrected chi connectivity index (χ2v) is 12.8. The lowest BCUT2D eigenvalue weighted by Crippen LogP contribution is -2.31. The third-order valence-corrected chi connectivity index (χ3v) is 8.91. The van der Waals surface area contributed by atoms with E-state index in [9.17, 15) is 4.79 Å². The molecule has 0 bridgehead atoms. The summed E-state index contributed by atoms with van der Waals surface area (Å²) in [7, 11) is 4.09. The van der Waals surface area contributed by atoms with E-state index in [2.05, 4.69) is 29.5 Å². The van der Waals surface area contributed by atoms with Crippen LogP contribution >= 0.6 is 23.5 Å². The SMILES string of the molecule is CCCCCCCCCCCSC=C(CCC(=O)NCCN(C)C)SCCCCCCCCCCC. The van der Waals surface area contributed by atoms with Crippen molar-refractivity contribution < 1.29 is 4.79 Å². The van der Waals surface area contributed by atoms with Crippen molar-refractivity contribution in [1.29, 1.82) is 0 Å². The molecular weight excluding hydrogens is 480 g/mol. The molecular formula is C31H62N2OS2. The molecule has 36 heavy (non-hydrogen) atoms. The van der Waals surface area contributed by atoms with E-state index in [1.807, 2.05) is 37.6 Å². The molecule has 0 atom stereocenters. The molecule has 0 saturated carbocycles. The van der Waals surface area contributed by atoms with Crippen LogP contribution in [0.25, 0.3) is 0 Å². The Morgan fingerprint density at radius 1 is 0.667 bits per heavy atom. The Hall–Kier alpha value is -0.130. The average Bonchev–Trinajstić information content (AvgIpc) is 2.86. The minimum atomic E-state index is 0.190. The molecule has 0 aliphatic heterocycles. The first-order chi connectivity index (χ1) is 17.6. The Morgan fingerprint density at radius 3 is 1.64 bits per heavy atom. The first-order valence-electron chi connectivity index (χ1n) is 15.4. The van der Waals surface area contributed by atoms with Crippen LogP contribution in [0.5, 0.6) is 0 Å². The van der Waals surface area contributed by atoms with Crippen molar-refractivity contribution in [3.63, 3.8) is 0 Å². The largest absolute Gasteiger partial charge is 0.355 e. The summed E-state index contributed by atoms with van der Waals surface area (Å²) in [5, 5.41) is 5.44. The molecule has 0 aromatic heterocycles. The van der Waals surface area contributed by atoms with Gasteiger partial charge >= 0.3 is 0 Å². The summed E-state index contributed by atoms with van der Waals surface area (Å²) < 4.78 is 0. The fourth-order valence-electron chi connectivity index (χ4n) is 4.17. The minimum Gasteiger partial charge on any atom is -0.355 e. The molecule has 5 heteroatoms. The van der Waals surface area contributed by atoms with E-state index in [0.717, 1.165) is 19.5 Å². The number of carbonyl (C=O) groups excluding carboxylic acids is 1. The summed E-state index contributed by atoms with van der Waals surface area (Å²) in [5.41, 5.74) is 0. The molecule has 0 aromatic carbocycles. The van der Waals surface area contributed by atoms with Crippen LogP contribution in [0.1, 0.15) is 142 Å². The van der Waals surface area contributed by atoms with E-state index in [4.69, 9.17) is 0 Å². The Balaban J connectivity index is 4.10. The minimum absolute atomic E-state index is 0.190. The summed E-state index contributed by atoms with van der Waals surface area (Å²) in [6, 6.07) is 0. The quantitative estimate of drug-likeness (QED) is 0.0997. The molecule has 0 aliphatic carbocycles. The van der Waals surface area contributed by atoms with Crippen molar-refractivity contribution in [2.24, 2.45) is 0 Å². The zero-order valence-corrected chi connectivity index (χ0v) is 26.4. The number of amides is 1. The van der Waals surface area contributed by atoms with Crippen LogP contribution in [-0.2, 0) is 4.79 Å². The number of allylic oxidation sites excluding steroid dienone is 1. The molecule has 0 aliphatic rings. The normalized spacial score (nSPS) is 12.0. The van der Waals surface area contributed by atoms with Gasteiger partial charge in [-0.25, -0.2) is 0 Å². The second-order valence-electron chi connectivity index (χ2n) is 10.6. The van der Waals surface area contributed by atoms with Gasteiger partial charge in [-0.1, -0.05) is 117 Å². The van der Waals surface area contributed by atoms with Crippen LogP contribution in [0.2, 0.25) is 0 Å². The highest BCUT2D eigenvalue weighted by atomic mass is 32.2. The molecule has 214 valence electrons. The third kappa shape index (κ3) is 28.4. The lowest BCUT2D eigenvalue weighted by atomic mass is 10.1. The van der Waals surface area contributed by atoms with Crippen molar-refractivity contribution in [2.45, 2.75) is 142 Å². The number of hydrogen-bond donors (Lipinski definition) is 1. The maximum Gasteiger partial charge on any atom is 0.220 e. The standard InChI is InChI=1S/C31H62N2OS2/c1-5-7-9-11-13-15-17-19-21-27-35-29-30(23-24-31(34)32-25-26-33(3)4)36-28-22-20-18-16-14-12-10-8-6-2/h29H,5-28H2,1-4H3,(H,32,34). The van der Waals surface area contributed by atoms with E-state index in [-0.39, 0.29) is 5.91 Å². The second kappa shape index (κ2) is 29.4. The van der Waals surface area contributed by atoms with Crippen LogP contribution in [0.15, 0.2) is 10.3 Å². The highest BCUT2D eigenvalue weighted by molar-refractivity contribution is 8.06. The van der Waals surface area contributed by atoms with Gasteiger partial charge in [-0.3, -0.25) is 4.79 Å². The monoisotopic (exact) mass is 542 g/mol. The van der Waals surface area contributed by atoms with Crippen molar-refractivity contribution in [3.8, 4) is 0 Å². The number of hydrogen-bond acceptors (Lipinski definition) is 4. The van der Waals surface area contributed by atoms with Crippen molar-refractivity contribution >= 4 is 29.4 Å². The number of unbranched alkanes of at least 4 members (excludes halogenated alkanes) is 16. The van der Waals surface area contributed by atoms with Gasteiger partial charge in [0.25, 0.3) is 0 Å². The molecule has 0 unspecified atom stereocenters. The van der Waals surface area contributed by atoms with Gasteiger partial charge in [0, 0.05) is 19.5 Å². The maximum atomic E-state index is 12.3. The van der Waals surface area contributed by atoms with Gasteiger partial charge in [0.2, 0.25) is 5.91 Å². The van der Waals surface area contributed by atoms with Gasteiger partial charge in [-0.2, -0.15) is 0 Å². The van der Waals surface area contributed by atoms with E-state index >= 15 is 0 Å². The van der Waals surface area contributed by atoms with Crippen LogP contribution < -0.4 is 5.32 Å². The van der Waals surface area contributed by atoms with E-state index < -0.39 is 0 Å². The van der Waals surface area contributed by atoms with Crippen LogP contribution in [-0.4, -0.2) is 49.5 Å². The van der Waals surface area contributed by atoms with Gasteiger partial charge in [-0.15, -0.1) is 23.5 Å². The predicted octanol–water partition coefficient (Wildman–Crippen LogP) is 9.81. The summed E-state index contributed by atoms with van der Waals surface area (Å²) in [5.74, 6) is 2.60. The molecule has 0 saturated heterocycles. The van der Waals surface area contributed by atoms with Crippen LogP contribution in [0.3, 0.4) is 0 Å². The molecule has 0 aromatic rings. The Labute approximate surface area is 235 Å². The fourth-order valence-corrected chi connectivity index (χ4v) is 6.30. The summed E-state index contributed by atoms with van der Waals surface area (Å²) in [6.45, 7) is 6.21. The predicted molar refractivity (Wildman–Crippen MR) is 168 cm³/mol. The van der Waals surface area contributed by atoms with Gasteiger partial charge in [0.1, 0.15) is 0 Å². The fraction of sp³-hybridized carbons (Fsp3) is 0.903. The van der Waals surface area contributed by atoms with Crippen LogP contribution in [0.4, 0.5) is 0 Å². The molecule has 3 nitrogen and oxygen atoms in total. The van der Waals surface area contributed by atoms with Gasteiger partial charge in [-0.05, 0) is 55.2 Å². The Bertz CT molecular complexity index is 497. The first kappa shape index (κ1) is 35.9. The summed E-state index contributed by atoms with van der Waals surface area (Å²) in [6.07, 6.45) is 26.4. The first-order valence-corrected chi connectivity index (χ1v) is 17.5. The van der Waals surface area contributed by atoms with Crippen molar-refractivity contribution in [3.05, 3.63) is 10.3 Å². The highest BCUT2D eigenvalue weighted by Crippen LogP contribution is 2.26. The molecule has 1 N–H and O–H groups in total. The lowest BCUT2D eigenvalue weighted by molar-refractivity contribution is -0.121. The number of likely N-dealkylation sites (N-methyl/N-ethyl adjacent to an activating group) is 1. The maximum absolute atomic E-state index is 12.3. The lowest BCUT2D eigenvalue weighted by Gasteiger charge is -2.11. The molecule has 0 radical (unpaired) electrons. The average molecular weight is 543 g/mol.